The van der Waals surface area contributed by atoms with E-state index in [1.165, 1.54) is 10.6 Å². The number of allylic oxidation sites excluding steroid dienone is 2. The van der Waals surface area contributed by atoms with Gasteiger partial charge in [-0.2, -0.15) is 0 Å². The van der Waals surface area contributed by atoms with Gasteiger partial charge < -0.3 is 4.90 Å². The second-order valence-corrected chi connectivity index (χ2v) is 2.79. The van der Waals surface area contributed by atoms with Crippen LogP contribution in [0.4, 0.5) is 0 Å². The maximum absolute atomic E-state index is 10.5. The van der Waals surface area contributed by atoms with Gasteiger partial charge in [0.1, 0.15) is 5.78 Å². The number of Topliss-reactive ketones (excluding diaryl/α,β-unsaturated/α-hetero) is 1. The molecule has 0 aliphatic carbocycles. The van der Waals surface area contributed by atoms with Crippen LogP contribution in [0.25, 0.3) is 0 Å². The van der Waals surface area contributed by atoms with Crippen LogP contribution in [0.3, 0.4) is 0 Å². The van der Waals surface area contributed by atoms with Crippen molar-refractivity contribution < 1.29 is 9.69 Å². The molecule has 0 heterocycles. The number of carbonyl (C=O) groups is 1. The van der Waals surface area contributed by atoms with Crippen molar-refractivity contribution in [1.29, 1.82) is 0 Å². The lowest BCUT2D eigenvalue weighted by Gasteiger charge is -2.04. The van der Waals surface area contributed by atoms with Gasteiger partial charge in [-0.1, -0.05) is 0 Å². The minimum atomic E-state index is 0.223. The molecule has 0 saturated carbocycles. The minimum absolute atomic E-state index is 0.223. The predicted octanol–water partition coefficient (Wildman–Crippen LogP) is 0.0138. The van der Waals surface area contributed by atoms with Gasteiger partial charge in [0.25, 0.3) is 0 Å². The van der Waals surface area contributed by atoms with E-state index in [1.807, 2.05) is 27.1 Å². The summed E-state index contributed by atoms with van der Waals surface area (Å²) in [7, 11) is 4.10. The number of nitrogens with one attached hydrogen (secondary N) is 1. The van der Waals surface area contributed by atoms with E-state index in [0.717, 1.165) is 0 Å². The lowest BCUT2D eigenvalue weighted by atomic mass is 10.2. The molecule has 0 atom stereocenters. The Bertz CT molecular complexity index is 147. The molecule has 0 aromatic rings. The molecule has 0 spiro atoms. The number of quaternary nitrogens is 1. The highest BCUT2D eigenvalue weighted by molar-refractivity contribution is 5.76. The Morgan fingerprint density at radius 1 is 1.40 bits per heavy atom. The zero-order valence-corrected chi connectivity index (χ0v) is 7.19. The highest BCUT2D eigenvalue weighted by atomic mass is 16.1. The average molecular weight is 142 g/mol. The normalized spacial score (nSPS) is 12.3. The molecule has 10 heavy (non-hydrogen) atoms. The van der Waals surface area contributed by atoms with E-state index >= 15 is 0 Å². The van der Waals surface area contributed by atoms with E-state index < -0.39 is 0 Å². The van der Waals surface area contributed by atoms with Crippen LogP contribution in [-0.2, 0) is 4.79 Å². The highest BCUT2D eigenvalue weighted by Gasteiger charge is 1.96. The lowest BCUT2D eigenvalue weighted by molar-refractivity contribution is -0.816. The van der Waals surface area contributed by atoms with E-state index in [-0.39, 0.29) is 5.78 Å². The molecule has 0 unspecified atom stereocenters. The lowest BCUT2D eigenvalue weighted by Crippen LogP contribution is -3.03. The van der Waals surface area contributed by atoms with Crippen molar-refractivity contribution in [2.45, 2.75) is 20.3 Å². The van der Waals surface area contributed by atoms with Gasteiger partial charge in [-0.05, 0) is 13.0 Å². The molecular weight excluding hydrogens is 126 g/mol. The Morgan fingerprint density at radius 3 is 2.20 bits per heavy atom. The highest BCUT2D eigenvalue weighted by Crippen LogP contribution is 1.86. The standard InChI is InChI=1S/C8H15NO/c1-7(9(3)4)5-6-8(2)10/h5H,6H2,1-4H3/p+1. The van der Waals surface area contributed by atoms with Crippen LogP contribution in [0, 0.1) is 0 Å². The summed E-state index contributed by atoms with van der Waals surface area (Å²) >= 11 is 0. The van der Waals surface area contributed by atoms with Crippen molar-refractivity contribution in [3.63, 3.8) is 0 Å². The molecular formula is C8H16NO+. The largest absolute Gasteiger partial charge is 0.311 e. The SMILES string of the molecule is CC(=O)CC=C(C)[NH+](C)C. The molecule has 2 heteroatoms. The second kappa shape index (κ2) is 4.23. The maximum Gasteiger partial charge on any atom is 0.133 e. The topological polar surface area (TPSA) is 21.5 Å². The molecule has 0 aromatic heterocycles. The minimum Gasteiger partial charge on any atom is -0.311 e. The van der Waals surface area contributed by atoms with Crippen LogP contribution < -0.4 is 4.90 Å². The van der Waals surface area contributed by atoms with Crippen LogP contribution in [0.5, 0.6) is 0 Å². The third-order valence-electron chi connectivity index (χ3n) is 1.48. The molecule has 0 radical (unpaired) electrons. The molecule has 0 rings (SSSR count). The molecule has 0 aliphatic rings. The first-order chi connectivity index (χ1) is 4.54. The van der Waals surface area contributed by atoms with Gasteiger partial charge in [0, 0.05) is 13.3 Å². The van der Waals surface area contributed by atoms with Gasteiger partial charge in [-0.15, -0.1) is 0 Å². The summed E-state index contributed by atoms with van der Waals surface area (Å²) in [6.07, 6.45) is 2.54. The van der Waals surface area contributed by atoms with Crippen LogP contribution in [0.1, 0.15) is 20.3 Å². The molecule has 1 N–H and O–H groups in total. The monoisotopic (exact) mass is 142 g/mol. The first-order valence-electron chi connectivity index (χ1n) is 3.50. The molecule has 0 bridgehead atoms. The third kappa shape index (κ3) is 4.27. The van der Waals surface area contributed by atoms with Gasteiger partial charge in [-0.25, -0.2) is 0 Å². The van der Waals surface area contributed by atoms with Gasteiger partial charge >= 0.3 is 0 Å². The van der Waals surface area contributed by atoms with Crippen molar-refractivity contribution >= 4 is 5.78 Å². The van der Waals surface area contributed by atoms with Crippen LogP contribution in [0.15, 0.2) is 11.8 Å². The zero-order chi connectivity index (χ0) is 8.15. The van der Waals surface area contributed by atoms with Crippen LogP contribution in [0.2, 0.25) is 0 Å². The van der Waals surface area contributed by atoms with Crippen molar-refractivity contribution in [3.8, 4) is 0 Å². The zero-order valence-electron chi connectivity index (χ0n) is 7.19. The fraction of sp³-hybridized carbons (Fsp3) is 0.625. The molecule has 2 nitrogen and oxygen atoms in total. The Kier molecular flexibility index (Phi) is 3.96. The maximum atomic E-state index is 10.5. The third-order valence-corrected chi connectivity index (χ3v) is 1.48. The summed E-state index contributed by atoms with van der Waals surface area (Å²) in [6.45, 7) is 3.63. The first-order valence-corrected chi connectivity index (χ1v) is 3.50. The number of ketones is 1. The summed E-state index contributed by atoms with van der Waals surface area (Å²) in [5.41, 5.74) is 1.22. The van der Waals surface area contributed by atoms with Gasteiger partial charge in [0.2, 0.25) is 0 Å². The fourth-order valence-corrected chi connectivity index (χ4v) is 0.501. The van der Waals surface area contributed by atoms with Crippen molar-refractivity contribution in [2.75, 3.05) is 14.1 Å². The quantitative estimate of drug-likeness (QED) is 0.589. The molecule has 0 fully saturated rings. The molecule has 0 saturated heterocycles. The molecule has 0 amide bonds. The second-order valence-electron chi connectivity index (χ2n) is 2.79. The molecule has 0 aliphatic heterocycles. The van der Waals surface area contributed by atoms with E-state index in [9.17, 15) is 4.79 Å². The Morgan fingerprint density at radius 2 is 1.90 bits per heavy atom. The summed E-state index contributed by atoms with van der Waals surface area (Å²) in [5.74, 6) is 0.223. The molecule has 58 valence electrons. The van der Waals surface area contributed by atoms with E-state index in [1.54, 1.807) is 6.92 Å². The van der Waals surface area contributed by atoms with E-state index in [2.05, 4.69) is 0 Å². The number of hydrogen-bond donors (Lipinski definition) is 1. The van der Waals surface area contributed by atoms with Crippen molar-refractivity contribution in [1.82, 2.24) is 0 Å². The van der Waals surface area contributed by atoms with Crippen molar-refractivity contribution in [2.24, 2.45) is 0 Å². The summed E-state index contributed by atoms with van der Waals surface area (Å²) in [4.78, 5) is 11.8. The van der Waals surface area contributed by atoms with Gasteiger partial charge in [0.15, 0.2) is 0 Å². The Labute approximate surface area is 62.5 Å². The van der Waals surface area contributed by atoms with Crippen LogP contribution in [-0.4, -0.2) is 19.9 Å². The van der Waals surface area contributed by atoms with Gasteiger partial charge in [-0.3, -0.25) is 4.79 Å². The number of hydrogen-bond acceptors (Lipinski definition) is 1. The number of rotatable bonds is 3. The van der Waals surface area contributed by atoms with Gasteiger partial charge in [0.05, 0.1) is 19.8 Å². The van der Waals surface area contributed by atoms with E-state index in [4.69, 9.17) is 0 Å². The van der Waals surface area contributed by atoms with E-state index in [0.29, 0.717) is 6.42 Å². The van der Waals surface area contributed by atoms with Crippen LogP contribution >= 0.6 is 0 Å². The summed E-state index contributed by atoms with van der Waals surface area (Å²) in [6, 6.07) is 0. The Balaban J connectivity index is 3.80. The average Bonchev–Trinajstić information content (AvgIpc) is 1.82. The predicted molar refractivity (Wildman–Crippen MR) is 41.9 cm³/mol. The number of carbonyl (C=O) groups excluding carboxylic acids is 1. The van der Waals surface area contributed by atoms with Crippen molar-refractivity contribution in [3.05, 3.63) is 11.8 Å². The molecule has 0 aromatic carbocycles. The smallest absolute Gasteiger partial charge is 0.133 e. The fourth-order valence-electron chi connectivity index (χ4n) is 0.501. The summed E-state index contributed by atoms with van der Waals surface area (Å²) in [5, 5.41) is 0. The summed E-state index contributed by atoms with van der Waals surface area (Å²) < 4.78 is 0. The first kappa shape index (κ1) is 9.37. The Hall–Kier alpha value is -0.630.